The molecule has 0 aliphatic rings. The molecule has 0 radical (unpaired) electrons. The number of rotatable bonds is 0. The van der Waals surface area contributed by atoms with Crippen molar-refractivity contribution < 1.29 is 0 Å². The first kappa shape index (κ1) is 15.8. The maximum absolute atomic E-state index is 13.5. The third-order valence-electron chi connectivity index (χ3n) is 6.55. The number of fused-ring (bicyclic) bond motifs is 12. The lowest BCUT2D eigenvalue weighted by atomic mass is 9.93. The molecular weight excluding hydrogens is 368 g/mol. The molecule has 138 valence electrons. The maximum Gasteiger partial charge on any atom is 0.194 e. The minimum Gasteiger partial charge on any atom is -0.289 e. The van der Waals surface area contributed by atoms with Crippen LogP contribution in [0.25, 0.3) is 64.6 Å². The fourth-order valence-electron chi connectivity index (χ4n) is 5.34. The molecule has 0 heterocycles. The van der Waals surface area contributed by atoms with Crippen LogP contribution in [0, 0.1) is 0 Å². The fraction of sp³-hybridized carbons (Fsp3) is 0. The van der Waals surface area contributed by atoms with Crippen LogP contribution in [0.2, 0.25) is 0 Å². The van der Waals surface area contributed by atoms with Gasteiger partial charge in [-0.3, -0.25) is 9.59 Å². The predicted molar refractivity (Wildman–Crippen MR) is 126 cm³/mol. The third-order valence-corrected chi connectivity index (χ3v) is 6.55. The minimum atomic E-state index is 0.0410. The second kappa shape index (κ2) is 5.31. The van der Waals surface area contributed by atoms with E-state index >= 15 is 0 Å². The molecular formula is C28H14O2. The van der Waals surface area contributed by atoms with Gasteiger partial charge < -0.3 is 0 Å². The Balaban J connectivity index is 1.94. The molecule has 0 fully saturated rings. The van der Waals surface area contributed by atoms with Crippen molar-refractivity contribution in [3.63, 3.8) is 0 Å². The van der Waals surface area contributed by atoms with Crippen LogP contribution in [0.15, 0.2) is 94.5 Å². The molecule has 0 bridgehead atoms. The highest BCUT2D eigenvalue weighted by Gasteiger charge is 2.20. The molecule has 30 heavy (non-hydrogen) atoms. The van der Waals surface area contributed by atoms with Gasteiger partial charge in [0.1, 0.15) is 0 Å². The van der Waals surface area contributed by atoms with Crippen molar-refractivity contribution in [1.82, 2.24) is 0 Å². The number of hydrogen-bond donors (Lipinski definition) is 0. The van der Waals surface area contributed by atoms with Crippen molar-refractivity contribution in [3.05, 3.63) is 105 Å². The number of hydrogen-bond acceptors (Lipinski definition) is 2. The highest BCUT2D eigenvalue weighted by Crippen LogP contribution is 2.41. The first-order valence-corrected chi connectivity index (χ1v) is 10.1. The minimum absolute atomic E-state index is 0.0410. The van der Waals surface area contributed by atoms with E-state index in [2.05, 4.69) is 12.1 Å². The van der Waals surface area contributed by atoms with E-state index in [0.717, 1.165) is 64.6 Å². The lowest BCUT2D eigenvalue weighted by molar-refractivity contribution is 1.80. The largest absolute Gasteiger partial charge is 0.289 e. The quantitative estimate of drug-likeness (QED) is 0.293. The summed E-state index contributed by atoms with van der Waals surface area (Å²) in [6.45, 7) is 0. The lowest BCUT2D eigenvalue weighted by Crippen LogP contribution is -1.98. The van der Waals surface area contributed by atoms with Crippen LogP contribution in [0.4, 0.5) is 0 Å². The van der Waals surface area contributed by atoms with E-state index in [1.807, 2.05) is 72.8 Å². The summed E-state index contributed by atoms with van der Waals surface area (Å²) >= 11 is 0. The van der Waals surface area contributed by atoms with Crippen molar-refractivity contribution in [2.24, 2.45) is 0 Å². The van der Waals surface area contributed by atoms with E-state index in [0.29, 0.717) is 0 Å². The van der Waals surface area contributed by atoms with E-state index in [9.17, 15) is 9.59 Å². The zero-order valence-electron chi connectivity index (χ0n) is 15.9. The summed E-state index contributed by atoms with van der Waals surface area (Å²) in [5, 5.41) is 10.6. The topological polar surface area (TPSA) is 34.1 Å². The zero-order valence-corrected chi connectivity index (χ0v) is 15.9. The second-order valence-corrected chi connectivity index (χ2v) is 7.96. The van der Waals surface area contributed by atoms with Crippen molar-refractivity contribution in [2.75, 3.05) is 0 Å². The first-order valence-electron chi connectivity index (χ1n) is 10.1. The normalized spacial score (nSPS) is 12.3. The van der Waals surface area contributed by atoms with Crippen molar-refractivity contribution >= 4 is 64.6 Å². The van der Waals surface area contributed by atoms with Crippen LogP contribution < -0.4 is 10.9 Å². The molecule has 0 aliphatic heterocycles. The highest BCUT2D eigenvalue weighted by molar-refractivity contribution is 6.38. The summed E-state index contributed by atoms with van der Waals surface area (Å²) < 4.78 is 0. The van der Waals surface area contributed by atoms with Gasteiger partial charge in [0.05, 0.1) is 0 Å². The van der Waals surface area contributed by atoms with Crippen LogP contribution in [0.1, 0.15) is 0 Å². The van der Waals surface area contributed by atoms with Crippen LogP contribution in [-0.4, -0.2) is 0 Å². The van der Waals surface area contributed by atoms with Crippen LogP contribution in [0.3, 0.4) is 0 Å². The van der Waals surface area contributed by atoms with Gasteiger partial charge >= 0.3 is 0 Å². The average Bonchev–Trinajstić information content (AvgIpc) is 3.27. The van der Waals surface area contributed by atoms with Crippen molar-refractivity contribution in [1.29, 1.82) is 0 Å². The van der Waals surface area contributed by atoms with Gasteiger partial charge in [0, 0.05) is 32.3 Å². The Hall–Kier alpha value is -4.04. The molecule has 0 aromatic heterocycles. The van der Waals surface area contributed by atoms with Gasteiger partial charge in [0.25, 0.3) is 0 Å². The highest BCUT2D eigenvalue weighted by atomic mass is 16.1. The van der Waals surface area contributed by atoms with Crippen LogP contribution in [0.5, 0.6) is 0 Å². The summed E-state index contributed by atoms with van der Waals surface area (Å²) in [4.78, 5) is 26.9. The fourth-order valence-corrected chi connectivity index (χ4v) is 5.34. The molecule has 7 aromatic carbocycles. The summed E-state index contributed by atoms with van der Waals surface area (Å²) in [5.74, 6) is 0. The van der Waals surface area contributed by atoms with E-state index in [1.165, 1.54) is 0 Å². The van der Waals surface area contributed by atoms with E-state index in [4.69, 9.17) is 0 Å². The molecule has 0 N–H and O–H groups in total. The van der Waals surface area contributed by atoms with Crippen molar-refractivity contribution in [2.45, 2.75) is 0 Å². The lowest BCUT2D eigenvalue weighted by Gasteiger charge is -2.09. The zero-order chi connectivity index (χ0) is 20.0. The molecule has 0 saturated heterocycles. The molecule has 0 spiro atoms. The van der Waals surface area contributed by atoms with Gasteiger partial charge in [-0.15, -0.1) is 0 Å². The molecule has 2 nitrogen and oxygen atoms in total. The van der Waals surface area contributed by atoms with Gasteiger partial charge in [-0.25, -0.2) is 0 Å². The van der Waals surface area contributed by atoms with E-state index in [1.54, 1.807) is 0 Å². The molecule has 0 saturated carbocycles. The Morgan fingerprint density at radius 1 is 0.300 bits per heavy atom. The Morgan fingerprint density at radius 3 is 1.23 bits per heavy atom. The van der Waals surface area contributed by atoms with Gasteiger partial charge in [-0.05, 0) is 32.3 Å². The van der Waals surface area contributed by atoms with Crippen molar-refractivity contribution in [3.8, 4) is 0 Å². The summed E-state index contributed by atoms with van der Waals surface area (Å²) in [6, 6.07) is 27.7. The molecule has 0 atom stereocenters. The van der Waals surface area contributed by atoms with Gasteiger partial charge in [-0.2, -0.15) is 0 Å². The Labute approximate surface area is 170 Å². The summed E-state index contributed by atoms with van der Waals surface area (Å²) in [5.41, 5.74) is 0.0820. The Morgan fingerprint density at radius 2 is 0.633 bits per heavy atom. The average molecular weight is 382 g/mol. The Kier molecular flexibility index (Phi) is 2.80. The molecule has 0 aliphatic carbocycles. The second-order valence-electron chi connectivity index (χ2n) is 7.96. The molecule has 7 aromatic rings. The first-order chi connectivity index (χ1) is 14.8. The third kappa shape index (κ3) is 1.71. The van der Waals surface area contributed by atoms with E-state index in [-0.39, 0.29) is 10.9 Å². The Bertz CT molecular complexity index is 1920. The molecule has 2 heteroatoms. The summed E-state index contributed by atoms with van der Waals surface area (Å²) in [6.07, 6.45) is 0. The predicted octanol–water partition coefficient (Wildman–Crippen LogP) is 6.20. The number of benzene rings is 5. The van der Waals surface area contributed by atoms with Crippen LogP contribution in [-0.2, 0) is 0 Å². The summed E-state index contributed by atoms with van der Waals surface area (Å²) in [7, 11) is 0. The molecule has 0 amide bonds. The van der Waals surface area contributed by atoms with Gasteiger partial charge in [0.2, 0.25) is 0 Å². The monoisotopic (exact) mass is 382 g/mol. The van der Waals surface area contributed by atoms with Crippen LogP contribution >= 0.6 is 0 Å². The van der Waals surface area contributed by atoms with Gasteiger partial charge in [-0.1, -0.05) is 84.9 Å². The van der Waals surface area contributed by atoms with E-state index < -0.39 is 0 Å². The van der Waals surface area contributed by atoms with Gasteiger partial charge in [0.15, 0.2) is 10.9 Å². The SMILES string of the molecule is O=c1c2ccccc2c2c3ccccc3c3c(ccc4c5ccccc5c(=O)c43)c12. The maximum atomic E-state index is 13.5. The standard InChI is InChI=1S/C28H14O2/c29-27-20-11-5-1-7-15(20)19-13-14-22-24(25(19)27)17-9-3-2-8-16(17)23-18-10-4-6-12-21(18)28(30)26(22)23/h1-14H. The molecule has 0 unspecified atom stereocenters. The smallest absolute Gasteiger partial charge is 0.194 e. The molecule has 7 rings (SSSR count).